The lowest BCUT2D eigenvalue weighted by atomic mass is 10.1. The number of hydrogen-bond donors (Lipinski definition) is 1. The van der Waals surface area contributed by atoms with E-state index in [1.54, 1.807) is 24.3 Å². The van der Waals surface area contributed by atoms with E-state index in [9.17, 15) is 4.79 Å². The SMILES string of the molecule is C=CCNC(=O)C(C)N(C)c1cccc(C#N)c1. The third-order valence-electron chi connectivity index (χ3n) is 2.76. The molecule has 1 N–H and O–H groups in total. The second-order valence-corrected chi connectivity index (χ2v) is 3.98. The van der Waals surface area contributed by atoms with Gasteiger partial charge in [0.2, 0.25) is 5.91 Å². The molecule has 0 bridgehead atoms. The van der Waals surface area contributed by atoms with E-state index in [4.69, 9.17) is 5.26 Å². The zero-order valence-corrected chi connectivity index (χ0v) is 10.7. The Hall–Kier alpha value is -2.28. The second-order valence-electron chi connectivity index (χ2n) is 3.98. The number of carbonyl (C=O) groups excluding carboxylic acids is 1. The molecule has 1 aromatic rings. The third-order valence-corrected chi connectivity index (χ3v) is 2.76. The van der Waals surface area contributed by atoms with E-state index >= 15 is 0 Å². The number of carbonyl (C=O) groups is 1. The average molecular weight is 243 g/mol. The lowest BCUT2D eigenvalue weighted by Gasteiger charge is -2.26. The van der Waals surface area contributed by atoms with Gasteiger partial charge in [0, 0.05) is 19.3 Å². The summed E-state index contributed by atoms with van der Waals surface area (Å²) in [6, 6.07) is 8.95. The first-order valence-electron chi connectivity index (χ1n) is 5.71. The number of nitrogens with zero attached hydrogens (tertiary/aromatic N) is 2. The van der Waals surface area contributed by atoms with Crippen LogP contribution in [-0.2, 0) is 4.79 Å². The normalized spacial score (nSPS) is 11.2. The molecule has 1 atom stereocenters. The van der Waals surface area contributed by atoms with Crippen molar-refractivity contribution in [3.63, 3.8) is 0 Å². The molecule has 0 radical (unpaired) electrons. The predicted molar refractivity (Wildman–Crippen MR) is 72.2 cm³/mol. The van der Waals surface area contributed by atoms with Gasteiger partial charge in [-0.2, -0.15) is 5.26 Å². The quantitative estimate of drug-likeness (QED) is 0.801. The molecule has 0 saturated carbocycles. The summed E-state index contributed by atoms with van der Waals surface area (Å²) < 4.78 is 0. The Bertz CT molecular complexity index is 476. The van der Waals surface area contributed by atoms with Crippen LogP contribution in [0.4, 0.5) is 5.69 Å². The molecule has 1 unspecified atom stereocenters. The van der Waals surface area contributed by atoms with Crippen molar-refractivity contribution in [2.75, 3.05) is 18.5 Å². The van der Waals surface area contributed by atoms with Crippen molar-refractivity contribution in [3.05, 3.63) is 42.5 Å². The van der Waals surface area contributed by atoms with Gasteiger partial charge in [-0.05, 0) is 25.1 Å². The molecule has 4 nitrogen and oxygen atoms in total. The molecule has 0 fully saturated rings. The number of nitriles is 1. The van der Waals surface area contributed by atoms with Gasteiger partial charge in [-0.25, -0.2) is 0 Å². The molecule has 1 rings (SSSR count). The second kappa shape index (κ2) is 6.45. The maximum Gasteiger partial charge on any atom is 0.242 e. The summed E-state index contributed by atoms with van der Waals surface area (Å²) in [6.07, 6.45) is 1.64. The highest BCUT2D eigenvalue weighted by molar-refractivity contribution is 5.84. The van der Waals surface area contributed by atoms with Crippen molar-refractivity contribution in [3.8, 4) is 6.07 Å². The molecule has 0 aliphatic carbocycles. The summed E-state index contributed by atoms with van der Waals surface area (Å²) in [7, 11) is 1.83. The van der Waals surface area contributed by atoms with Crippen LogP contribution in [0.1, 0.15) is 12.5 Å². The van der Waals surface area contributed by atoms with Gasteiger partial charge >= 0.3 is 0 Å². The van der Waals surface area contributed by atoms with Gasteiger partial charge in [0.15, 0.2) is 0 Å². The van der Waals surface area contributed by atoms with Gasteiger partial charge in [0.1, 0.15) is 6.04 Å². The molecule has 0 aliphatic rings. The van der Waals surface area contributed by atoms with Crippen LogP contribution in [0.15, 0.2) is 36.9 Å². The number of nitrogens with one attached hydrogen (secondary N) is 1. The van der Waals surface area contributed by atoms with Crippen molar-refractivity contribution in [2.24, 2.45) is 0 Å². The fourth-order valence-electron chi connectivity index (χ4n) is 1.51. The number of hydrogen-bond acceptors (Lipinski definition) is 3. The maximum absolute atomic E-state index is 11.8. The highest BCUT2D eigenvalue weighted by Crippen LogP contribution is 2.16. The smallest absolute Gasteiger partial charge is 0.242 e. The van der Waals surface area contributed by atoms with E-state index < -0.39 is 0 Å². The standard InChI is InChI=1S/C14H17N3O/c1-4-8-16-14(18)11(2)17(3)13-7-5-6-12(9-13)10-15/h4-7,9,11H,1,8H2,2-3H3,(H,16,18). The van der Waals surface area contributed by atoms with Crippen LogP contribution in [0.5, 0.6) is 0 Å². The van der Waals surface area contributed by atoms with Gasteiger partial charge in [0.05, 0.1) is 11.6 Å². The van der Waals surface area contributed by atoms with Crippen molar-refractivity contribution >= 4 is 11.6 Å². The summed E-state index contributed by atoms with van der Waals surface area (Å²) in [5, 5.41) is 11.6. The first-order chi connectivity index (χ1) is 8.60. The Morgan fingerprint density at radius 2 is 2.39 bits per heavy atom. The Morgan fingerprint density at radius 1 is 1.67 bits per heavy atom. The van der Waals surface area contributed by atoms with Gasteiger partial charge < -0.3 is 10.2 Å². The first-order valence-corrected chi connectivity index (χ1v) is 5.71. The minimum absolute atomic E-state index is 0.0697. The lowest BCUT2D eigenvalue weighted by Crippen LogP contribution is -2.43. The largest absolute Gasteiger partial charge is 0.363 e. The first kappa shape index (κ1) is 13.8. The van der Waals surface area contributed by atoms with Gasteiger partial charge in [-0.3, -0.25) is 4.79 Å². The molecule has 0 spiro atoms. The van der Waals surface area contributed by atoms with Gasteiger partial charge in [-0.15, -0.1) is 6.58 Å². The predicted octanol–water partition coefficient (Wildman–Crippen LogP) is 1.69. The molecule has 0 saturated heterocycles. The highest BCUT2D eigenvalue weighted by Gasteiger charge is 2.17. The van der Waals surface area contributed by atoms with Gasteiger partial charge in [0.25, 0.3) is 0 Å². The lowest BCUT2D eigenvalue weighted by molar-refractivity contribution is -0.121. The fraction of sp³-hybridized carbons (Fsp3) is 0.286. The van der Waals surface area contributed by atoms with E-state index in [1.807, 2.05) is 24.9 Å². The molecule has 1 aromatic carbocycles. The molecule has 0 heterocycles. The topological polar surface area (TPSA) is 56.1 Å². The van der Waals surface area contributed by atoms with E-state index in [0.29, 0.717) is 12.1 Å². The molecule has 0 aromatic heterocycles. The minimum atomic E-state index is -0.307. The number of benzene rings is 1. The summed E-state index contributed by atoms with van der Waals surface area (Å²) in [5.41, 5.74) is 1.42. The summed E-state index contributed by atoms with van der Waals surface area (Å²) in [4.78, 5) is 13.6. The Balaban J connectivity index is 2.79. The van der Waals surface area contributed by atoms with Crippen LogP contribution in [0.2, 0.25) is 0 Å². The summed E-state index contributed by atoms with van der Waals surface area (Å²) in [6.45, 7) is 5.82. The molecule has 18 heavy (non-hydrogen) atoms. The van der Waals surface area contributed by atoms with Crippen LogP contribution in [0.3, 0.4) is 0 Å². The number of anilines is 1. The molecular weight excluding hydrogens is 226 g/mol. The van der Waals surface area contributed by atoms with Crippen LogP contribution in [0.25, 0.3) is 0 Å². The van der Waals surface area contributed by atoms with E-state index in [0.717, 1.165) is 5.69 Å². The maximum atomic E-state index is 11.8. The van der Waals surface area contributed by atoms with Crippen molar-refractivity contribution in [1.29, 1.82) is 5.26 Å². The Kier molecular flexibility index (Phi) is 4.94. The molecule has 1 amide bonds. The Labute approximate surface area is 108 Å². The molecule has 94 valence electrons. The monoisotopic (exact) mass is 243 g/mol. The summed E-state index contributed by atoms with van der Waals surface area (Å²) >= 11 is 0. The highest BCUT2D eigenvalue weighted by atomic mass is 16.2. The molecule has 4 heteroatoms. The fourth-order valence-corrected chi connectivity index (χ4v) is 1.51. The molecule has 0 aliphatic heterocycles. The number of likely N-dealkylation sites (N-methyl/N-ethyl adjacent to an activating group) is 1. The van der Waals surface area contributed by atoms with Crippen LogP contribution >= 0.6 is 0 Å². The third kappa shape index (κ3) is 3.36. The molecular formula is C14H17N3O. The summed E-state index contributed by atoms with van der Waals surface area (Å²) in [5.74, 6) is -0.0697. The van der Waals surface area contributed by atoms with E-state index in [-0.39, 0.29) is 11.9 Å². The van der Waals surface area contributed by atoms with Crippen LogP contribution in [-0.4, -0.2) is 25.5 Å². The Morgan fingerprint density at radius 3 is 3.00 bits per heavy atom. The van der Waals surface area contributed by atoms with Crippen LogP contribution in [0, 0.1) is 11.3 Å². The van der Waals surface area contributed by atoms with Gasteiger partial charge in [-0.1, -0.05) is 12.1 Å². The zero-order chi connectivity index (χ0) is 13.5. The zero-order valence-electron chi connectivity index (χ0n) is 10.7. The van der Waals surface area contributed by atoms with E-state index in [1.165, 1.54) is 0 Å². The number of amides is 1. The average Bonchev–Trinajstić information content (AvgIpc) is 2.43. The van der Waals surface area contributed by atoms with Crippen LogP contribution < -0.4 is 10.2 Å². The van der Waals surface area contributed by atoms with Crippen molar-refractivity contribution < 1.29 is 4.79 Å². The number of rotatable bonds is 5. The van der Waals surface area contributed by atoms with Crippen molar-refractivity contribution in [1.82, 2.24) is 5.32 Å². The minimum Gasteiger partial charge on any atom is -0.363 e. The van der Waals surface area contributed by atoms with Crippen molar-refractivity contribution in [2.45, 2.75) is 13.0 Å². The van der Waals surface area contributed by atoms with E-state index in [2.05, 4.69) is 18.0 Å².